The van der Waals surface area contributed by atoms with Crippen molar-refractivity contribution < 1.29 is 0 Å². The smallest absolute Gasteiger partial charge is 0.0197 e. The van der Waals surface area contributed by atoms with Crippen LogP contribution >= 0.6 is 0 Å². The van der Waals surface area contributed by atoms with E-state index < -0.39 is 0 Å². The van der Waals surface area contributed by atoms with E-state index >= 15 is 0 Å². The first-order chi connectivity index (χ1) is 8.15. The summed E-state index contributed by atoms with van der Waals surface area (Å²) in [5.74, 6) is 0. The summed E-state index contributed by atoms with van der Waals surface area (Å²) in [6.07, 6.45) is 5.56. The Hall–Kier alpha value is -0.120. The van der Waals surface area contributed by atoms with Crippen molar-refractivity contribution in [2.45, 2.75) is 57.7 Å². The van der Waals surface area contributed by atoms with E-state index in [9.17, 15) is 0 Å². The number of nitrogens with one attached hydrogen (secondary N) is 1. The van der Waals surface area contributed by atoms with Crippen molar-refractivity contribution in [3.05, 3.63) is 0 Å². The van der Waals surface area contributed by atoms with E-state index in [-0.39, 0.29) is 0 Å². The van der Waals surface area contributed by atoms with Crippen LogP contribution < -0.4 is 5.32 Å². The SMILES string of the molecule is CC(C)NC1CCCN(CCN(C)C2CC2)C1. The molecule has 1 unspecified atom stereocenters. The van der Waals surface area contributed by atoms with Crippen LogP contribution in [0.3, 0.4) is 0 Å². The quantitative estimate of drug-likeness (QED) is 0.758. The molecule has 1 N–H and O–H groups in total. The maximum atomic E-state index is 3.68. The van der Waals surface area contributed by atoms with E-state index in [4.69, 9.17) is 0 Å². The summed E-state index contributed by atoms with van der Waals surface area (Å²) in [6.45, 7) is 9.55. The van der Waals surface area contributed by atoms with E-state index in [1.54, 1.807) is 0 Å². The summed E-state index contributed by atoms with van der Waals surface area (Å²) in [6, 6.07) is 2.24. The molecule has 1 saturated heterocycles. The van der Waals surface area contributed by atoms with Gasteiger partial charge in [-0.05, 0) is 39.3 Å². The van der Waals surface area contributed by atoms with Gasteiger partial charge in [0.1, 0.15) is 0 Å². The summed E-state index contributed by atoms with van der Waals surface area (Å²) >= 11 is 0. The van der Waals surface area contributed by atoms with Crippen molar-refractivity contribution >= 4 is 0 Å². The molecule has 3 heteroatoms. The molecule has 100 valence electrons. The Kier molecular flexibility index (Phi) is 4.83. The van der Waals surface area contributed by atoms with Gasteiger partial charge >= 0.3 is 0 Å². The normalized spacial score (nSPS) is 27.0. The Bertz CT molecular complexity index is 226. The molecule has 1 aliphatic heterocycles. The van der Waals surface area contributed by atoms with Crippen LogP contribution in [0.25, 0.3) is 0 Å². The first-order valence-electron chi connectivity index (χ1n) is 7.34. The highest BCUT2D eigenvalue weighted by Gasteiger charge is 2.26. The van der Waals surface area contributed by atoms with Crippen molar-refractivity contribution in [2.24, 2.45) is 0 Å². The third-order valence-electron chi connectivity index (χ3n) is 4.01. The standard InChI is InChI=1S/C14H29N3/c1-12(2)15-13-5-4-8-17(11-13)10-9-16(3)14-6-7-14/h12-15H,4-11H2,1-3H3. The fourth-order valence-corrected chi connectivity index (χ4v) is 2.86. The molecule has 2 rings (SSSR count). The van der Waals surface area contributed by atoms with Gasteiger partial charge in [0.05, 0.1) is 0 Å². The lowest BCUT2D eigenvalue weighted by Gasteiger charge is -2.35. The second-order valence-electron chi connectivity index (χ2n) is 6.17. The molecule has 0 bridgehead atoms. The topological polar surface area (TPSA) is 18.5 Å². The molecule has 0 aromatic carbocycles. The fourth-order valence-electron chi connectivity index (χ4n) is 2.86. The summed E-state index contributed by atoms with van der Waals surface area (Å²) in [4.78, 5) is 5.18. The summed E-state index contributed by atoms with van der Waals surface area (Å²) in [5.41, 5.74) is 0. The predicted octanol–water partition coefficient (Wildman–Crippen LogP) is 1.54. The Morgan fingerprint density at radius 2 is 2.06 bits per heavy atom. The van der Waals surface area contributed by atoms with Crippen molar-refractivity contribution in [3.63, 3.8) is 0 Å². The molecule has 0 amide bonds. The number of hydrogen-bond donors (Lipinski definition) is 1. The van der Waals surface area contributed by atoms with Crippen LogP contribution in [0.4, 0.5) is 0 Å². The molecule has 1 aliphatic carbocycles. The van der Waals surface area contributed by atoms with Crippen molar-refractivity contribution in [1.82, 2.24) is 15.1 Å². The summed E-state index contributed by atoms with van der Waals surface area (Å²) in [7, 11) is 2.28. The largest absolute Gasteiger partial charge is 0.311 e. The van der Waals surface area contributed by atoms with Gasteiger partial charge in [0.15, 0.2) is 0 Å². The van der Waals surface area contributed by atoms with Gasteiger partial charge < -0.3 is 15.1 Å². The highest BCUT2D eigenvalue weighted by molar-refractivity contribution is 4.84. The molecule has 3 nitrogen and oxygen atoms in total. The zero-order valence-corrected chi connectivity index (χ0v) is 11.8. The minimum atomic E-state index is 0.620. The number of nitrogens with zero attached hydrogens (tertiary/aromatic N) is 2. The van der Waals surface area contributed by atoms with Gasteiger partial charge in [-0.15, -0.1) is 0 Å². The lowest BCUT2D eigenvalue weighted by Crippen LogP contribution is -2.49. The summed E-state index contributed by atoms with van der Waals surface area (Å²) < 4.78 is 0. The Morgan fingerprint density at radius 3 is 2.71 bits per heavy atom. The first-order valence-corrected chi connectivity index (χ1v) is 7.34. The average Bonchev–Trinajstić information content (AvgIpc) is 3.09. The Balaban J connectivity index is 1.65. The number of likely N-dealkylation sites (N-methyl/N-ethyl adjacent to an activating group) is 1. The van der Waals surface area contributed by atoms with Crippen LogP contribution in [-0.2, 0) is 0 Å². The minimum Gasteiger partial charge on any atom is -0.311 e. The lowest BCUT2D eigenvalue weighted by atomic mass is 10.1. The maximum Gasteiger partial charge on any atom is 0.0197 e. The van der Waals surface area contributed by atoms with E-state index in [0.717, 1.165) is 12.1 Å². The number of piperidine rings is 1. The van der Waals surface area contributed by atoms with Gasteiger partial charge in [0.25, 0.3) is 0 Å². The van der Waals surface area contributed by atoms with Gasteiger partial charge in [-0.25, -0.2) is 0 Å². The van der Waals surface area contributed by atoms with Crippen molar-refractivity contribution in [2.75, 3.05) is 33.2 Å². The zero-order chi connectivity index (χ0) is 12.3. The molecule has 1 atom stereocenters. The lowest BCUT2D eigenvalue weighted by molar-refractivity contribution is 0.163. The van der Waals surface area contributed by atoms with Crippen molar-refractivity contribution in [3.8, 4) is 0 Å². The number of rotatable bonds is 6. The van der Waals surface area contributed by atoms with Gasteiger partial charge in [-0.1, -0.05) is 13.8 Å². The van der Waals surface area contributed by atoms with Crippen LogP contribution in [0.15, 0.2) is 0 Å². The molecular formula is C14H29N3. The second kappa shape index (κ2) is 6.17. The zero-order valence-electron chi connectivity index (χ0n) is 11.8. The monoisotopic (exact) mass is 239 g/mol. The molecule has 1 heterocycles. The van der Waals surface area contributed by atoms with E-state index in [0.29, 0.717) is 6.04 Å². The molecule has 0 radical (unpaired) electrons. The number of hydrogen-bond acceptors (Lipinski definition) is 3. The molecule has 1 saturated carbocycles. The summed E-state index contributed by atoms with van der Waals surface area (Å²) in [5, 5.41) is 3.68. The Morgan fingerprint density at radius 1 is 1.29 bits per heavy atom. The van der Waals surface area contributed by atoms with E-state index in [2.05, 4.69) is 36.0 Å². The second-order valence-corrected chi connectivity index (χ2v) is 6.17. The third kappa shape index (κ3) is 4.57. The highest BCUT2D eigenvalue weighted by atomic mass is 15.2. The Labute approximate surface area is 107 Å². The average molecular weight is 239 g/mol. The van der Waals surface area contributed by atoms with E-state index in [1.807, 2.05) is 0 Å². The molecule has 2 fully saturated rings. The maximum absolute atomic E-state index is 3.68. The van der Waals surface area contributed by atoms with Gasteiger partial charge in [0, 0.05) is 37.8 Å². The molecule has 17 heavy (non-hydrogen) atoms. The molecule has 2 aliphatic rings. The molecule has 0 aromatic rings. The number of likely N-dealkylation sites (tertiary alicyclic amines) is 1. The van der Waals surface area contributed by atoms with Crippen LogP contribution in [0.2, 0.25) is 0 Å². The molecule has 0 spiro atoms. The van der Waals surface area contributed by atoms with Gasteiger partial charge in [0.2, 0.25) is 0 Å². The predicted molar refractivity (Wildman–Crippen MR) is 73.4 cm³/mol. The van der Waals surface area contributed by atoms with Crippen LogP contribution in [-0.4, -0.2) is 61.2 Å². The van der Waals surface area contributed by atoms with E-state index in [1.165, 1.54) is 51.9 Å². The minimum absolute atomic E-state index is 0.620. The van der Waals surface area contributed by atoms with Crippen molar-refractivity contribution in [1.29, 1.82) is 0 Å². The van der Waals surface area contributed by atoms with Gasteiger partial charge in [-0.2, -0.15) is 0 Å². The highest BCUT2D eigenvalue weighted by Crippen LogP contribution is 2.25. The fraction of sp³-hybridized carbons (Fsp3) is 1.00. The third-order valence-corrected chi connectivity index (χ3v) is 4.01. The van der Waals surface area contributed by atoms with Gasteiger partial charge in [-0.3, -0.25) is 0 Å². The van der Waals surface area contributed by atoms with Crippen LogP contribution in [0, 0.1) is 0 Å². The first kappa shape index (κ1) is 13.3. The van der Waals surface area contributed by atoms with Crippen LogP contribution in [0.1, 0.15) is 39.5 Å². The van der Waals surface area contributed by atoms with Crippen LogP contribution in [0.5, 0.6) is 0 Å². The molecule has 0 aromatic heterocycles. The molecular weight excluding hydrogens is 210 g/mol.